The molecule has 0 saturated heterocycles. The van der Waals surface area contributed by atoms with Gasteiger partial charge in [-0.3, -0.25) is 0 Å². The van der Waals surface area contributed by atoms with Crippen LogP contribution < -0.4 is 5.32 Å². The average Bonchev–Trinajstić information content (AvgIpc) is 2.63. The van der Waals surface area contributed by atoms with Gasteiger partial charge in [-0.15, -0.1) is 10.2 Å². The van der Waals surface area contributed by atoms with Crippen molar-refractivity contribution in [1.82, 2.24) is 15.5 Å². The summed E-state index contributed by atoms with van der Waals surface area (Å²) in [5.74, 6) is 1.46. The SMILES string of the molecule is CCC(C)(C)c1nnc(CCNC)o1. The highest BCUT2D eigenvalue weighted by molar-refractivity contribution is 4.98. The van der Waals surface area contributed by atoms with E-state index in [0.29, 0.717) is 0 Å². The van der Waals surface area contributed by atoms with Crippen LogP contribution in [0.3, 0.4) is 0 Å². The second kappa shape index (κ2) is 4.55. The molecule has 0 bridgehead atoms. The summed E-state index contributed by atoms with van der Waals surface area (Å²) in [5, 5.41) is 11.1. The fourth-order valence-corrected chi connectivity index (χ4v) is 1.01. The highest BCUT2D eigenvalue weighted by Gasteiger charge is 2.24. The quantitative estimate of drug-likeness (QED) is 0.777. The maximum Gasteiger partial charge on any atom is 0.222 e. The molecule has 1 N–H and O–H groups in total. The third-order valence-electron chi connectivity index (χ3n) is 2.52. The van der Waals surface area contributed by atoms with E-state index >= 15 is 0 Å². The standard InChI is InChI=1S/C10H19N3O/c1-5-10(2,3)9-13-12-8(14-9)6-7-11-4/h11H,5-7H2,1-4H3. The molecule has 0 fully saturated rings. The van der Waals surface area contributed by atoms with Gasteiger partial charge in [0.2, 0.25) is 11.8 Å². The van der Waals surface area contributed by atoms with E-state index in [4.69, 9.17) is 4.42 Å². The van der Waals surface area contributed by atoms with Gasteiger partial charge in [0.25, 0.3) is 0 Å². The Morgan fingerprint density at radius 3 is 2.64 bits per heavy atom. The van der Waals surface area contributed by atoms with Crippen LogP contribution in [0.4, 0.5) is 0 Å². The number of likely N-dealkylation sites (N-methyl/N-ethyl adjacent to an activating group) is 1. The predicted molar refractivity (Wildman–Crippen MR) is 55.2 cm³/mol. The lowest BCUT2D eigenvalue weighted by molar-refractivity contribution is 0.343. The molecule has 80 valence electrons. The van der Waals surface area contributed by atoms with E-state index in [2.05, 4.69) is 36.3 Å². The van der Waals surface area contributed by atoms with Crippen molar-refractivity contribution < 1.29 is 4.42 Å². The van der Waals surface area contributed by atoms with Crippen molar-refractivity contribution in [3.05, 3.63) is 11.8 Å². The van der Waals surface area contributed by atoms with Gasteiger partial charge < -0.3 is 9.73 Å². The first-order chi connectivity index (χ1) is 6.60. The first-order valence-corrected chi connectivity index (χ1v) is 5.07. The zero-order valence-corrected chi connectivity index (χ0v) is 9.42. The van der Waals surface area contributed by atoms with Crippen molar-refractivity contribution in [1.29, 1.82) is 0 Å². The van der Waals surface area contributed by atoms with E-state index in [0.717, 1.165) is 31.2 Å². The molecule has 0 aliphatic rings. The summed E-state index contributed by atoms with van der Waals surface area (Å²) in [6.07, 6.45) is 1.80. The normalized spacial score (nSPS) is 12.0. The molecule has 1 aromatic heterocycles. The fourth-order valence-electron chi connectivity index (χ4n) is 1.01. The zero-order valence-electron chi connectivity index (χ0n) is 9.42. The number of hydrogen-bond donors (Lipinski definition) is 1. The van der Waals surface area contributed by atoms with E-state index in [1.165, 1.54) is 0 Å². The average molecular weight is 197 g/mol. The van der Waals surface area contributed by atoms with Gasteiger partial charge >= 0.3 is 0 Å². The van der Waals surface area contributed by atoms with Gasteiger partial charge in [-0.2, -0.15) is 0 Å². The highest BCUT2D eigenvalue weighted by Crippen LogP contribution is 2.24. The van der Waals surface area contributed by atoms with Crippen LogP contribution in [-0.4, -0.2) is 23.8 Å². The first kappa shape index (κ1) is 11.2. The summed E-state index contributed by atoms with van der Waals surface area (Å²) >= 11 is 0. The van der Waals surface area contributed by atoms with Gasteiger partial charge in [0.1, 0.15) is 0 Å². The Hall–Kier alpha value is -0.900. The van der Waals surface area contributed by atoms with Crippen LogP contribution in [0.25, 0.3) is 0 Å². The molecule has 1 aromatic rings. The topological polar surface area (TPSA) is 51.0 Å². The van der Waals surface area contributed by atoms with E-state index < -0.39 is 0 Å². The maximum absolute atomic E-state index is 5.58. The molecule has 1 heterocycles. The van der Waals surface area contributed by atoms with Crippen LogP contribution in [0.15, 0.2) is 4.42 Å². The van der Waals surface area contributed by atoms with Crippen molar-refractivity contribution in [2.45, 2.75) is 39.0 Å². The third-order valence-corrected chi connectivity index (χ3v) is 2.52. The molecular weight excluding hydrogens is 178 g/mol. The van der Waals surface area contributed by atoms with Gasteiger partial charge in [-0.05, 0) is 13.5 Å². The minimum Gasteiger partial charge on any atom is -0.425 e. The number of rotatable bonds is 5. The van der Waals surface area contributed by atoms with Crippen molar-refractivity contribution in [3.8, 4) is 0 Å². The molecule has 0 atom stereocenters. The number of nitrogens with one attached hydrogen (secondary N) is 1. The summed E-state index contributed by atoms with van der Waals surface area (Å²) in [7, 11) is 1.91. The molecule has 0 radical (unpaired) electrons. The summed E-state index contributed by atoms with van der Waals surface area (Å²) in [6.45, 7) is 7.22. The van der Waals surface area contributed by atoms with Crippen molar-refractivity contribution in [3.63, 3.8) is 0 Å². The molecule has 0 saturated carbocycles. The summed E-state index contributed by atoms with van der Waals surface area (Å²) in [4.78, 5) is 0. The predicted octanol–water partition coefficient (Wildman–Crippen LogP) is 1.52. The highest BCUT2D eigenvalue weighted by atomic mass is 16.4. The summed E-state index contributed by atoms with van der Waals surface area (Å²) in [5.41, 5.74) is -0.00903. The largest absolute Gasteiger partial charge is 0.425 e. The van der Waals surface area contributed by atoms with E-state index in [1.807, 2.05) is 7.05 Å². The van der Waals surface area contributed by atoms with E-state index in [9.17, 15) is 0 Å². The Kier molecular flexibility index (Phi) is 3.63. The molecular formula is C10H19N3O. The van der Waals surface area contributed by atoms with Crippen LogP contribution >= 0.6 is 0 Å². The Balaban J connectivity index is 2.67. The molecule has 0 spiro atoms. The Morgan fingerprint density at radius 1 is 1.36 bits per heavy atom. The lowest BCUT2D eigenvalue weighted by Crippen LogP contribution is -2.15. The van der Waals surface area contributed by atoms with Crippen molar-refractivity contribution in [2.75, 3.05) is 13.6 Å². The third kappa shape index (κ3) is 2.54. The van der Waals surface area contributed by atoms with Gasteiger partial charge in [-0.25, -0.2) is 0 Å². The van der Waals surface area contributed by atoms with Crippen LogP contribution in [-0.2, 0) is 11.8 Å². The molecule has 1 rings (SSSR count). The first-order valence-electron chi connectivity index (χ1n) is 5.07. The maximum atomic E-state index is 5.58. The van der Waals surface area contributed by atoms with Crippen LogP contribution in [0, 0.1) is 0 Å². The van der Waals surface area contributed by atoms with Crippen molar-refractivity contribution >= 4 is 0 Å². The van der Waals surface area contributed by atoms with Crippen LogP contribution in [0.1, 0.15) is 39.0 Å². The summed E-state index contributed by atoms with van der Waals surface area (Å²) < 4.78 is 5.58. The Morgan fingerprint density at radius 2 is 2.07 bits per heavy atom. The number of nitrogens with zero attached hydrogens (tertiary/aromatic N) is 2. The van der Waals surface area contributed by atoms with Crippen LogP contribution in [0.2, 0.25) is 0 Å². The fraction of sp³-hybridized carbons (Fsp3) is 0.800. The monoisotopic (exact) mass is 197 g/mol. The Bertz CT molecular complexity index is 281. The van der Waals surface area contributed by atoms with E-state index in [-0.39, 0.29) is 5.41 Å². The minimum atomic E-state index is -0.00903. The summed E-state index contributed by atoms with van der Waals surface area (Å²) in [6, 6.07) is 0. The molecule has 0 aromatic carbocycles. The molecule has 4 nitrogen and oxygen atoms in total. The van der Waals surface area contributed by atoms with Crippen molar-refractivity contribution in [2.24, 2.45) is 0 Å². The van der Waals surface area contributed by atoms with Gasteiger partial charge in [-0.1, -0.05) is 20.8 Å². The molecule has 0 aliphatic heterocycles. The van der Waals surface area contributed by atoms with Gasteiger partial charge in [0.05, 0.1) is 0 Å². The second-order valence-corrected chi connectivity index (χ2v) is 4.09. The smallest absolute Gasteiger partial charge is 0.222 e. The molecule has 0 unspecified atom stereocenters. The lowest BCUT2D eigenvalue weighted by atomic mass is 9.90. The second-order valence-electron chi connectivity index (χ2n) is 4.09. The molecule has 4 heteroatoms. The lowest BCUT2D eigenvalue weighted by Gasteiger charge is -2.16. The molecule has 0 aliphatic carbocycles. The number of hydrogen-bond acceptors (Lipinski definition) is 4. The van der Waals surface area contributed by atoms with Gasteiger partial charge in [0, 0.05) is 18.4 Å². The van der Waals surface area contributed by atoms with Crippen LogP contribution in [0.5, 0.6) is 0 Å². The number of aromatic nitrogens is 2. The molecule has 0 amide bonds. The van der Waals surface area contributed by atoms with Gasteiger partial charge in [0.15, 0.2) is 0 Å². The zero-order chi connectivity index (χ0) is 10.6. The Labute approximate surface area is 85.1 Å². The molecule has 14 heavy (non-hydrogen) atoms. The minimum absolute atomic E-state index is 0.00903. The van der Waals surface area contributed by atoms with E-state index in [1.54, 1.807) is 0 Å².